The standard InChI is InChI=1S/C16H26N2O2/c1-3-16(4-2,12-19)11-18-15(20)14(17)10-13-8-6-5-7-9-13/h5-9,14,19H,3-4,10-12,17H2,1-2H3,(H,18,20)/t14-/m0/s1. The minimum Gasteiger partial charge on any atom is -0.396 e. The van der Waals surface area contributed by atoms with Crippen molar-refractivity contribution in [3.8, 4) is 0 Å². The van der Waals surface area contributed by atoms with E-state index in [1.54, 1.807) is 0 Å². The van der Waals surface area contributed by atoms with Gasteiger partial charge in [-0.05, 0) is 24.8 Å². The molecule has 20 heavy (non-hydrogen) atoms. The van der Waals surface area contributed by atoms with E-state index in [0.29, 0.717) is 13.0 Å². The first-order valence-corrected chi connectivity index (χ1v) is 7.25. The molecule has 1 amide bonds. The number of carbonyl (C=O) groups is 1. The van der Waals surface area contributed by atoms with Gasteiger partial charge in [0.1, 0.15) is 0 Å². The minimum absolute atomic E-state index is 0.0776. The van der Waals surface area contributed by atoms with Crippen molar-refractivity contribution in [3.63, 3.8) is 0 Å². The second-order valence-electron chi connectivity index (χ2n) is 5.38. The molecule has 0 saturated heterocycles. The van der Waals surface area contributed by atoms with E-state index in [9.17, 15) is 9.90 Å². The Hall–Kier alpha value is -1.39. The average molecular weight is 278 g/mol. The Labute approximate surface area is 121 Å². The topological polar surface area (TPSA) is 75.3 Å². The summed E-state index contributed by atoms with van der Waals surface area (Å²) in [4.78, 5) is 12.0. The van der Waals surface area contributed by atoms with E-state index in [4.69, 9.17) is 5.73 Å². The summed E-state index contributed by atoms with van der Waals surface area (Å²) in [7, 11) is 0. The summed E-state index contributed by atoms with van der Waals surface area (Å²) in [5.41, 5.74) is 6.74. The van der Waals surface area contributed by atoms with Crippen LogP contribution in [0.5, 0.6) is 0 Å². The highest BCUT2D eigenvalue weighted by atomic mass is 16.3. The smallest absolute Gasteiger partial charge is 0.237 e. The van der Waals surface area contributed by atoms with Crippen molar-refractivity contribution >= 4 is 5.91 Å². The molecular weight excluding hydrogens is 252 g/mol. The predicted molar refractivity (Wildman–Crippen MR) is 81.2 cm³/mol. The number of nitrogens with one attached hydrogen (secondary N) is 1. The molecule has 0 heterocycles. The van der Waals surface area contributed by atoms with Crippen molar-refractivity contribution in [3.05, 3.63) is 35.9 Å². The summed E-state index contributed by atoms with van der Waals surface area (Å²) in [5.74, 6) is -0.159. The lowest BCUT2D eigenvalue weighted by Crippen LogP contribution is -2.47. The van der Waals surface area contributed by atoms with Crippen LogP contribution in [-0.2, 0) is 11.2 Å². The van der Waals surface area contributed by atoms with Gasteiger partial charge in [0.15, 0.2) is 0 Å². The Kier molecular flexibility index (Phi) is 6.68. The highest BCUT2D eigenvalue weighted by Crippen LogP contribution is 2.24. The van der Waals surface area contributed by atoms with Gasteiger partial charge in [-0.15, -0.1) is 0 Å². The van der Waals surface area contributed by atoms with Crippen LogP contribution in [0.3, 0.4) is 0 Å². The zero-order valence-electron chi connectivity index (χ0n) is 12.4. The summed E-state index contributed by atoms with van der Waals surface area (Å²) < 4.78 is 0. The van der Waals surface area contributed by atoms with Gasteiger partial charge in [0.2, 0.25) is 5.91 Å². The summed E-state index contributed by atoms with van der Waals surface area (Å²) in [6.07, 6.45) is 2.18. The third-order valence-corrected chi connectivity index (χ3v) is 4.11. The summed E-state index contributed by atoms with van der Waals surface area (Å²) in [5, 5.41) is 12.4. The SMILES string of the molecule is CCC(CC)(CO)CNC(=O)[C@@H](N)Cc1ccccc1. The molecule has 0 saturated carbocycles. The molecule has 4 N–H and O–H groups in total. The Balaban J connectivity index is 2.50. The number of hydrogen-bond donors (Lipinski definition) is 3. The molecule has 0 radical (unpaired) electrons. The monoisotopic (exact) mass is 278 g/mol. The lowest BCUT2D eigenvalue weighted by Gasteiger charge is -2.30. The number of rotatable bonds is 8. The molecule has 4 nitrogen and oxygen atoms in total. The number of nitrogens with two attached hydrogens (primary N) is 1. The fraction of sp³-hybridized carbons (Fsp3) is 0.562. The van der Waals surface area contributed by atoms with Crippen LogP contribution in [0.15, 0.2) is 30.3 Å². The predicted octanol–water partition coefficient (Wildman–Crippen LogP) is 1.47. The molecule has 0 aliphatic rings. The van der Waals surface area contributed by atoms with Gasteiger partial charge in [-0.3, -0.25) is 4.79 Å². The molecule has 0 spiro atoms. The van der Waals surface area contributed by atoms with E-state index in [1.807, 2.05) is 44.2 Å². The largest absolute Gasteiger partial charge is 0.396 e. The number of amides is 1. The molecule has 1 aromatic carbocycles. The van der Waals surface area contributed by atoms with Crippen LogP contribution >= 0.6 is 0 Å². The van der Waals surface area contributed by atoms with Crippen LogP contribution in [0.25, 0.3) is 0 Å². The number of hydrogen-bond acceptors (Lipinski definition) is 3. The van der Waals surface area contributed by atoms with Crippen LogP contribution in [0.1, 0.15) is 32.3 Å². The lowest BCUT2D eigenvalue weighted by molar-refractivity contribution is -0.123. The fourth-order valence-corrected chi connectivity index (χ4v) is 2.15. The molecule has 0 aliphatic heterocycles. The second kappa shape index (κ2) is 8.02. The van der Waals surface area contributed by atoms with Crippen molar-refractivity contribution in [1.82, 2.24) is 5.32 Å². The molecule has 0 fully saturated rings. The first-order chi connectivity index (χ1) is 9.56. The maximum Gasteiger partial charge on any atom is 0.237 e. The maximum atomic E-state index is 12.0. The third kappa shape index (κ3) is 4.62. The minimum atomic E-state index is -0.553. The highest BCUT2D eigenvalue weighted by molar-refractivity contribution is 5.81. The Morgan fingerprint density at radius 3 is 2.40 bits per heavy atom. The van der Waals surface area contributed by atoms with Crippen LogP contribution < -0.4 is 11.1 Å². The van der Waals surface area contributed by atoms with E-state index in [2.05, 4.69) is 5.32 Å². The molecule has 1 aromatic rings. The molecule has 0 aliphatic carbocycles. The molecule has 0 unspecified atom stereocenters. The zero-order valence-corrected chi connectivity index (χ0v) is 12.4. The summed E-state index contributed by atoms with van der Waals surface area (Å²) >= 11 is 0. The third-order valence-electron chi connectivity index (χ3n) is 4.11. The van der Waals surface area contributed by atoms with Crippen LogP contribution in [0.4, 0.5) is 0 Å². The Morgan fingerprint density at radius 2 is 1.90 bits per heavy atom. The van der Waals surface area contributed by atoms with Crippen LogP contribution in [0, 0.1) is 5.41 Å². The van der Waals surface area contributed by atoms with Gasteiger partial charge in [0, 0.05) is 12.0 Å². The van der Waals surface area contributed by atoms with Gasteiger partial charge < -0.3 is 16.2 Å². The first-order valence-electron chi connectivity index (χ1n) is 7.25. The van der Waals surface area contributed by atoms with E-state index in [1.165, 1.54) is 0 Å². The Bertz CT molecular complexity index is 394. The number of carbonyl (C=O) groups excluding carboxylic acids is 1. The van der Waals surface area contributed by atoms with Gasteiger partial charge in [-0.1, -0.05) is 44.2 Å². The van der Waals surface area contributed by atoms with Crippen molar-refractivity contribution in [1.29, 1.82) is 0 Å². The zero-order chi connectivity index (χ0) is 15.0. The van der Waals surface area contributed by atoms with Gasteiger partial charge >= 0.3 is 0 Å². The van der Waals surface area contributed by atoms with Crippen molar-refractivity contribution in [2.75, 3.05) is 13.2 Å². The lowest BCUT2D eigenvalue weighted by atomic mass is 9.83. The quantitative estimate of drug-likeness (QED) is 0.674. The van der Waals surface area contributed by atoms with Crippen LogP contribution in [0.2, 0.25) is 0 Å². The second-order valence-corrected chi connectivity index (χ2v) is 5.38. The van der Waals surface area contributed by atoms with E-state index in [0.717, 1.165) is 18.4 Å². The summed E-state index contributed by atoms with van der Waals surface area (Å²) in [6.45, 7) is 4.59. The highest BCUT2D eigenvalue weighted by Gasteiger charge is 2.26. The molecule has 1 atom stereocenters. The maximum absolute atomic E-state index is 12.0. The molecule has 4 heteroatoms. The van der Waals surface area contributed by atoms with E-state index >= 15 is 0 Å². The average Bonchev–Trinajstić information content (AvgIpc) is 2.50. The van der Waals surface area contributed by atoms with Gasteiger partial charge in [0.05, 0.1) is 12.6 Å². The van der Waals surface area contributed by atoms with E-state index < -0.39 is 6.04 Å². The molecule has 0 aromatic heterocycles. The number of benzene rings is 1. The van der Waals surface area contributed by atoms with Crippen molar-refractivity contribution < 1.29 is 9.90 Å². The van der Waals surface area contributed by atoms with Crippen LogP contribution in [-0.4, -0.2) is 30.2 Å². The molecule has 0 bridgehead atoms. The first kappa shape index (κ1) is 16.7. The number of aliphatic hydroxyl groups is 1. The van der Waals surface area contributed by atoms with Gasteiger partial charge in [-0.2, -0.15) is 0 Å². The van der Waals surface area contributed by atoms with Crippen molar-refractivity contribution in [2.45, 2.75) is 39.2 Å². The summed E-state index contributed by atoms with van der Waals surface area (Å²) in [6, 6.07) is 9.18. The Morgan fingerprint density at radius 1 is 1.30 bits per heavy atom. The molecular formula is C16H26N2O2. The molecule has 1 rings (SSSR count). The van der Waals surface area contributed by atoms with E-state index in [-0.39, 0.29) is 17.9 Å². The molecule has 112 valence electrons. The van der Waals surface area contributed by atoms with Gasteiger partial charge in [0.25, 0.3) is 0 Å². The fourth-order valence-electron chi connectivity index (χ4n) is 2.15. The van der Waals surface area contributed by atoms with Gasteiger partial charge in [-0.25, -0.2) is 0 Å². The normalized spacial score (nSPS) is 13.0. The van der Waals surface area contributed by atoms with Crippen molar-refractivity contribution in [2.24, 2.45) is 11.1 Å². The number of aliphatic hydroxyl groups excluding tert-OH is 1.